The molecule has 0 bridgehead atoms. The van der Waals surface area contributed by atoms with Crippen molar-refractivity contribution in [1.29, 1.82) is 0 Å². The van der Waals surface area contributed by atoms with Crippen LogP contribution >= 0.6 is 0 Å². The summed E-state index contributed by atoms with van der Waals surface area (Å²) in [5.74, 6) is -0.832. The van der Waals surface area contributed by atoms with Gasteiger partial charge in [0.1, 0.15) is 12.3 Å². The van der Waals surface area contributed by atoms with Crippen molar-refractivity contribution in [2.24, 2.45) is 4.99 Å². The van der Waals surface area contributed by atoms with Gasteiger partial charge in [0.25, 0.3) is 11.8 Å². The van der Waals surface area contributed by atoms with E-state index in [2.05, 4.69) is 10.3 Å². The number of nitrogens with one attached hydrogen (secondary N) is 2. The smallest absolute Gasteiger partial charge is 0.414 e. The number of aliphatic imine (C=N–C) groups is 1. The molecule has 1 aromatic heterocycles. The predicted molar refractivity (Wildman–Crippen MR) is 164 cm³/mol. The quantitative estimate of drug-likeness (QED) is 0.301. The molecular formula is C34H27N5O4. The summed E-state index contributed by atoms with van der Waals surface area (Å²) in [6.45, 7) is 0.561. The molecule has 9 nitrogen and oxygen atoms in total. The number of carbonyl (C=O) groups is 3. The molecule has 43 heavy (non-hydrogen) atoms. The van der Waals surface area contributed by atoms with E-state index in [0.717, 1.165) is 22.0 Å². The number of benzene rings is 4. The van der Waals surface area contributed by atoms with Crippen LogP contribution in [-0.4, -0.2) is 47.9 Å². The van der Waals surface area contributed by atoms with Crippen LogP contribution in [-0.2, 0) is 16.1 Å². The molecule has 2 aliphatic rings. The second-order valence-electron chi connectivity index (χ2n) is 10.3. The van der Waals surface area contributed by atoms with E-state index in [1.54, 1.807) is 21.9 Å². The normalized spacial score (nSPS) is 15.9. The van der Waals surface area contributed by atoms with Crippen LogP contribution in [0.25, 0.3) is 10.9 Å². The summed E-state index contributed by atoms with van der Waals surface area (Å²) in [5, 5.41) is 3.74. The molecule has 1 unspecified atom stereocenters. The number of aromatic amines is 1. The molecule has 0 aliphatic carbocycles. The number of hydrogen-bond acceptors (Lipinski definition) is 5. The van der Waals surface area contributed by atoms with E-state index >= 15 is 0 Å². The molecular weight excluding hydrogens is 542 g/mol. The number of aromatic nitrogens is 1. The fraction of sp³-hybridized carbons (Fsp3) is 0.118. The zero-order valence-electron chi connectivity index (χ0n) is 23.1. The van der Waals surface area contributed by atoms with Crippen molar-refractivity contribution in [3.8, 4) is 0 Å². The van der Waals surface area contributed by atoms with Crippen LogP contribution in [0.5, 0.6) is 0 Å². The third-order valence-electron chi connectivity index (χ3n) is 7.65. The van der Waals surface area contributed by atoms with Crippen molar-refractivity contribution in [2.45, 2.75) is 12.8 Å². The number of ether oxygens (including phenoxy) is 1. The molecule has 0 radical (unpaired) electrons. The number of carbonyl (C=O) groups excluding carboxylic acids is 3. The Balaban J connectivity index is 1.25. The van der Waals surface area contributed by atoms with E-state index in [1.807, 2.05) is 97.1 Å². The molecule has 0 spiro atoms. The van der Waals surface area contributed by atoms with Crippen LogP contribution in [0.15, 0.2) is 114 Å². The largest absolute Gasteiger partial charge is 0.444 e. The molecule has 4 aromatic carbocycles. The summed E-state index contributed by atoms with van der Waals surface area (Å²) >= 11 is 0. The Morgan fingerprint density at radius 2 is 1.63 bits per heavy atom. The number of H-pyrrole nitrogens is 1. The van der Waals surface area contributed by atoms with Gasteiger partial charge in [-0.15, -0.1) is 0 Å². The third kappa shape index (κ3) is 4.91. The van der Waals surface area contributed by atoms with E-state index in [-0.39, 0.29) is 25.6 Å². The second-order valence-corrected chi connectivity index (χ2v) is 10.3. The summed E-state index contributed by atoms with van der Waals surface area (Å²) in [6, 6.07) is 33.8. The zero-order valence-corrected chi connectivity index (χ0v) is 23.1. The highest BCUT2D eigenvalue weighted by Gasteiger charge is 2.39. The van der Waals surface area contributed by atoms with Crippen LogP contribution in [0, 0.1) is 0 Å². The Bertz CT molecular complexity index is 1850. The summed E-state index contributed by atoms with van der Waals surface area (Å²) in [6.07, 6.45) is -1.69. The van der Waals surface area contributed by atoms with Crippen LogP contribution in [0.2, 0.25) is 0 Å². The number of amides is 3. The van der Waals surface area contributed by atoms with Crippen LogP contribution in [0.4, 0.5) is 16.2 Å². The van der Waals surface area contributed by atoms with Gasteiger partial charge in [-0.1, -0.05) is 91.0 Å². The van der Waals surface area contributed by atoms with Gasteiger partial charge < -0.3 is 19.9 Å². The lowest BCUT2D eigenvalue weighted by atomic mass is 9.98. The van der Waals surface area contributed by atoms with E-state index in [9.17, 15) is 14.4 Å². The highest BCUT2D eigenvalue weighted by Crippen LogP contribution is 2.40. The van der Waals surface area contributed by atoms with Gasteiger partial charge in [0, 0.05) is 35.1 Å². The number of para-hydroxylation sites is 2. The van der Waals surface area contributed by atoms with Crippen LogP contribution in [0.3, 0.4) is 0 Å². The fourth-order valence-electron chi connectivity index (χ4n) is 5.58. The molecule has 0 fully saturated rings. The Labute approximate surface area is 247 Å². The molecule has 212 valence electrons. The molecule has 7 rings (SSSR count). The maximum absolute atomic E-state index is 14.1. The number of anilines is 2. The monoisotopic (exact) mass is 569 g/mol. The first-order valence-corrected chi connectivity index (χ1v) is 14.0. The topological polar surface area (TPSA) is 107 Å². The van der Waals surface area contributed by atoms with Crippen molar-refractivity contribution in [3.63, 3.8) is 0 Å². The molecule has 0 saturated heterocycles. The Morgan fingerprint density at radius 1 is 0.884 bits per heavy atom. The van der Waals surface area contributed by atoms with Gasteiger partial charge in [0.15, 0.2) is 0 Å². The van der Waals surface area contributed by atoms with Crippen molar-refractivity contribution in [1.82, 2.24) is 10.3 Å². The van der Waals surface area contributed by atoms with Crippen LogP contribution in [0.1, 0.15) is 27.2 Å². The summed E-state index contributed by atoms with van der Waals surface area (Å²) < 4.78 is 5.66. The standard InChI is InChI=1S/C34H27N5O4/c40-32(27-20-24-14-7-8-16-26(24)35-27)37-31-33(41)39-19-18-38(34(42)43-21-22-10-3-1-4-11-22)28-17-9-15-25(30(28)39)29(36-31)23-12-5-2-6-13-23/h1-17,20,31,35H,18-19,21H2,(H,37,40). The molecule has 3 heterocycles. The minimum atomic E-state index is -1.19. The maximum atomic E-state index is 14.1. The summed E-state index contributed by atoms with van der Waals surface area (Å²) in [7, 11) is 0. The number of rotatable bonds is 5. The summed E-state index contributed by atoms with van der Waals surface area (Å²) in [4.78, 5) is 52.0. The molecule has 3 amide bonds. The van der Waals surface area contributed by atoms with E-state index in [4.69, 9.17) is 9.73 Å². The lowest BCUT2D eigenvalue weighted by molar-refractivity contribution is -0.120. The van der Waals surface area contributed by atoms with Gasteiger partial charge in [-0.2, -0.15) is 0 Å². The maximum Gasteiger partial charge on any atom is 0.414 e. The highest BCUT2D eigenvalue weighted by atomic mass is 16.6. The van der Waals surface area contributed by atoms with Crippen molar-refractivity contribution in [2.75, 3.05) is 22.9 Å². The first kappa shape index (κ1) is 26.2. The third-order valence-corrected chi connectivity index (χ3v) is 7.65. The SMILES string of the molecule is O=C(NC1N=C(c2ccccc2)c2cccc3c2N(CCN3C(=O)OCc2ccccc2)C1=O)c1cc2ccccc2[nH]1. The summed E-state index contributed by atoms with van der Waals surface area (Å²) in [5.41, 5.74) is 5.12. The molecule has 5 aromatic rings. The number of hydrogen-bond donors (Lipinski definition) is 2. The number of fused-ring (bicyclic) bond motifs is 1. The van der Waals surface area contributed by atoms with Gasteiger partial charge in [-0.05, 0) is 23.8 Å². The first-order chi connectivity index (χ1) is 21.1. The first-order valence-electron chi connectivity index (χ1n) is 14.0. The second kappa shape index (κ2) is 10.9. The lowest BCUT2D eigenvalue weighted by Crippen LogP contribution is -2.52. The van der Waals surface area contributed by atoms with Gasteiger partial charge >= 0.3 is 6.09 Å². The predicted octanol–water partition coefficient (Wildman–Crippen LogP) is 5.26. The Morgan fingerprint density at radius 3 is 2.42 bits per heavy atom. The van der Waals surface area contributed by atoms with E-state index in [0.29, 0.717) is 28.3 Å². The Hall–Kier alpha value is -5.70. The van der Waals surface area contributed by atoms with Gasteiger partial charge in [-0.3, -0.25) is 14.5 Å². The molecule has 9 heteroatoms. The Kier molecular flexibility index (Phi) is 6.67. The van der Waals surface area contributed by atoms with Crippen LogP contribution < -0.4 is 15.1 Å². The molecule has 2 N–H and O–H groups in total. The van der Waals surface area contributed by atoms with Crippen molar-refractivity contribution >= 4 is 45.9 Å². The minimum absolute atomic E-state index is 0.131. The lowest BCUT2D eigenvalue weighted by Gasteiger charge is -2.37. The van der Waals surface area contributed by atoms with Crippen molar-refractivity contribution < 1.29 is 19.1 Å². The fourth-order valence-corrected chi connectivity index (χ4v) is 5.58. The number of nitrogens with zero attached hydrogens (tertiary/aromatic N) is 3. The van der Waals surface area contributed by atoms with E-state index < -0.39 is 18.2 Å². The molecule has 2 aliphatic heterocycles. The molecule has 0 saturated carbocycles. The van der Waals surface area contributed by atoms with Gasteiger partial charge in [-0.25, -0.2) is 9.79 Å². The van der Waals surface area contributed by atoms with Gasteiger partial charge in [0.05, 0.1) is 17.1 Å². The molecule has 1 atom stereocenters. The average molecular weight is 570 g/mol. The van der Waals surface area contributed by atoms with E-state index in [1.165, 1.54) is 0 Å². The zero-order chi connectivity index (χ0) is 29.3. The van der Waals surface area contributed by atoms with Gasteiger partial charge in [0.2, 0.25) is 6.17 Å². The minimum Gasteiger partial charge on any atom is -0.444 e. The van der Waals surface area contributed by atoms with Crippen molar-refractivity contribution in [3.05, 3.63) is 132 Å². The average Bonchev–Trinajstić information content (AvgIpc) is 3.46. The highest BCUT2D eigenvalue weighted by molar-refractivity contribution is 6.23.